The summed E-state index contributed by atoms with van der Waals surface area (Å²) in [5.41, 5.74) is 5.98. The quantitative estimate of drug-likeness (QED) is 0.625. The molecule has 0 saturated carbocycles. The molecular weight excluding hydrogens is 358 g/mol. The standard InChI is InChI=1S/C16H13Cl2FN2O3/c17-10-5-11(15(20)12(18)6-10)16(23)24-8-14(22)21-7-9-3-1-2-4-13(9)19/h1-6H,7-8,20H2,(H,21,22). The number of nitrogens with one attached hydrogen (secondary N) is 1. The number of anilines is 1. The number of amides is 1. The van der Waals surface area contributed by atoms with Gasteiger partial charge in [-0.3, -0.25) is 4.79 Å². The molecule has 0 aliphatic heterocycles. The van der Waals surface area contributed by atoms with Gasteiger partial charge in [-0.15, -0.1) is 0 Å². The van der Waals surface area contributed by atoms with E-state index in [1.54, 1.807) is 12.1 Å². The lowest BCUT2D eigenvalue weighted by atomic mass is 10.2. The summed E-state index contributed by atoms with van der Waals surface area (Å²) in [5.74, 6) is -1.85. The third kappa shape index (κ3) is 4.59. The molecule has 2 rings (SSSR count). The molecule has 126 valence electrons. The first-order chi connectivity index (χ1) is 11.4. The lowest BCUT2D eigenvalue weighted by Crippen LogP contribution is -2.28. The molecule has 0 aromatic heterocycles. The number of esters is 1. The zero-order chi connectivity index (χ0) is 17.7. The summed E-state index contributed by atoms with van der Waals surface area (Å²) in [6.45, 7) is -0.564. The molecule has 5 nitrogen and oxygen atoms in total. The van der Waals surface area contributed by atoms with E-state index >= 15 is 0 Å². The minimum atomic E-state index is -0.835. The first-order valence-electron chi connectivity index (χ1n) is 6.80. The molecule has 1 amide bonds. The molecule has 0 fully saturated rings. The number of ether oxygens (including phenoxy) is 1. The van der Waals surface area contributed by atoms with Crippen molar-refractivity contribution < 1.29 is 18.7 Å². The molecule has 24 heavy (non-hydrogen) atoms. The molecule has 3 N–H and O–H groups in total. The van der Waals surface area contributed by atoms with E-state index in [-0.39, 0.29) is 27.8 Å². The average Bonchev–Trinajstić information content (AvgIpc) is 2.55. The van der Waals surface area contributed by atoms with Gasteiger partial charge < -0.3 is 15.8 Å². The summed E-state index contributed by atoms with van der Waals surface area (Å²) in [4.78, 5) is 23.6. The molecule has 2 aromatic rings. The molecule has 0 aliphatic rings. The topological polar surface area (TPSA) is 81.4 Å². The van der Waals surface area contributed by atoms with Crippen molar-refractivity contribution >= 4 is 40.8 Å². The summed E-state index contributed by atoms with van der Waals surface area (Å²) in [5, 5.41) is 2.77. The Bertz CT molecular complexity index is 784. The number of hydrogen-bond acceptors (Lipinski definition) is 4. The monoisotopic (exact) mass is 370 g/mol. The SMILES string of the molecule is Nc1c(Cl)cc(Cl)cc1C(=O)OCC(=O)NCc1ccccc1F. The number of carbonyl (C=O) groups excluding carboxylic acids is 2. The highest BCUT2D eigenvalue weighted by molar-refractivity contribution is 6.37. The molecule has 2 aromatic carbocycles. The Hall–Kier alpha value is -2.31. The number of carbonyl (C=O) groups is 2. The van der Waals surface area contributed by atoms with Crippen molar-refractivity contribution in [1.82, 2.24) is 5.32 Å². The van der Waals surface area contributed by atoms with Gasteiger partial charge >= 0.3 is 5.97 Å². The third-order valence-corrected chi connectivity index (χ3v) is 3.61. The van der Waals surface area contributed by atoms with Gasteiger partial charge in [0.05, 0.1) is 16.3 Å². The van der Waals surface area contributed by atoms with Crippen LogP contribution in [0.25, 0.3) is 0 Å². The molecule has 0 atom stereocenters. The first kappa shape index (κ1) is 18.0. The molecule has 0 aliphatic carbocycles. The second kappa shape index (κ2) is 7.99. The van der Waals surface area contributed by atoms with Gasteiger partial charge in [0.2, 0.25) is 0 Å². The van der Waals surface area contributed by atoms with Crippen molar-refractivity contribution in [2.24, 2.45) is 0 Å². The van der Waals surface area contributed by atoms with E-state index < -0.39 is 24.3 Å². The van der Waals surface area contributed by atoms with Crippen LogP contribution in [0.4, 0.5) is 10.1 Å². The highest BCUT2D eigenvalue weighted by atomic mass is 35.5. The molecule has 0 heterocycles. The van der Waals surface area contributed by atoms with E-state index in [4.69, 9.17) is 33.7 Å². The zero-order valence-electron chi connectivity index (χ0n) is 12.3. The number of nitrogens with two attached hydrogens (primary N) is 1. The van der Waals surface area contributed by atoms with Crippen molar-refractivity contribution in [3.63, 3.8) is 0 Å². The number of nitrogen functional groups attached to an aromatic ring is 1. The number of hydrogen-bond donors (Lipinski definition) is 2. The van der Waals surface area contributed by atoms with Crippen LogP contribution < -0.4 is 11.1 Å². The van der Waals surface area contributed by atoms with Crippen LogP contribution in [0.1, 0.15) is 15.9 Å². The van der Waals surface area contributed by atoms with Crippen molar-refractivity contribution in [2.45, 2.75) is 6.54 Å². The zero-order valence-corrected chi connectivity index (χ0v) is 13.8. The molecule has 8 heteroatoms. The molecular formula is C16H13Cl2FN2O3. The largest absolute Gasteiger partial charge is 0.452 e. The Kier molecular flexibility index (Phi) is 6.00. The van der Waals surface area contributed by atoms with Crippen LogP contribution in [0.5, 0.6) is 0 Å². The van der Waals surface area contributed by atoms with Crippen molar-refractivity contribution in [2.75, 3.05) is 12.3 Å². The van der Waals surface area contributed by atoms with E-state index in [1.807, 2.05) is 0 Å². The molecule has 0 saturated heterocycles. The Morgan fingerprint density at radius 2 is 1.92 bits per heavy atom. The van der Waals surface area contributed by atoms with E-state index in [1.165, 1.54) is 24.3 Å². The van der Waals surface area contributed by atoms with Crippen molar-refractivity contribution in [3.05, 3.63) is 63.4 Å². The first-order valence-corrected chi connectivity index (χ1v) is 7.56. The van der Waals surface area contributed by atoms with Gasteiger partial charge in [-0.1, -0.05) is 41.4 Å². The van der Waals surface area contributed by atoms with Crippen LogP contribution in [0, 0.1) is 5.82 Å². The van der Waals surface area contributed by atoms with Gasteiger partial charge in [0.15, 0.2) is 6.61 Å². The molecule has 0 radical (unpaired) electrons. The predicted octanol–water partition coefficient (Wildman–Crippen LogP) is 3.19. The van der Waals surface area contributed by atoms with E-state index in [0.717, 1.165) is 0 Å². The van der Waals surface area contributed by atoms with Crippen LogP contribution in [-0.2, 0) is 16.1 Å². The Morgan fingerprint density at radius 3 is 2.62 bits per heavy atom. The van der Waals surface area contributed by atoms with Crippen LogP contribution >= 0.6 is 23.2 Å². The summed E-state index contributed by atoms with van der Waals surface area (Å²) in [6, 6.07) is 8.70. The van der Waals surface area contributed by atoms with Crippen molar-refractivity contribution in [3.8, 4) is 0 Å². The van der Waals surface area contributed by atoms with E-state index in [0.29, 0.717) is 5.56 Å². The maximum Gasteiger partial charge on any atom is 0.340 e. The van der Waals surface area contributed by atoms with Gasteiger partial charge in [-0.25, -0.2) is 9.18 Å². The Morgan fingerprint density at radius 1 is 1.21 bits per heavy atom. The fourth-order valence-corrected chi connectivity index (χ4v) is 2.34. The van der Waals surface area contributed by atoms with Crippen LogP contribution in [-0.4, -0.2) is 18.5 Å². The highest BCUT2D eigenvalue weighted by Gasteiger charge is 2.16. The van der Waals surface area contributed by atoms with Gasteiger partial charge in [-0.2, -0.15) is 0 Å². The Labute approximate surface area is 147 Å². The smallest absolute Gasteiger partial charge is 0.340 e. The summed E-state index contributed by atoms with van der Waals surface area (Å²) < 4.78 is 18.3. The van der Waals surface area contributed by atoms with E-state index in [2.05, 4.69) is 5.32 Å². The lowest BCUT2D eigenvalue weighted by Gasteiger charge is -2.09. The summed E-state index contributed by atoms with van der Waals surface area (Å²) in [7, 11) is 0. The predicted molar refractivity (Wildman–Crippen MR) is 89.4 cm³/mol. The summed E-state index contributed by atoms with van der Waals surface area (Å²) in [6.07, 6.45) is 0. The molecule has 0 unspecified atom stereocenters. The molecule has 0 spiro atoms. The van der Waals surface area contributed by atoms with Gasteiger partial charge in [-0.05, 0) is 18.2 Å². The van der Waals surface area contributed by atoms with Gasteiger partial charge in [0.1, 0.15) is 5.82 Å². The number of benzene rings is 2. The summed E-state index contributed by atoms with van der Waals surface area (Å²) >= 11 is 11.6. The second-order valence-corrected chi connectivity index (χ2v) is 5.64. The van der Waals surface area contributed by atoms with Crippen LogP contribution in [0.3, 0.4) is 0 Å². The fraction of sp³-hybridized carbons (Fsp3) is 0.125. The lowest BCUT2D eigenvalue weighted by molar-refractivity contribution is -0.124. The number of rotatable bonds is 5. The van der Waals surface area contributed by atoms with Crippen LogP contribution in [0.15, 0.2) is 36.4 Å². The average molecular weight is 371 g/mol. The second-order valence-electron chi connectivity index (χ2n) is 4.79. The minimum absolute atomic E-state index is 0.0119. The van der Waals surface area contributed by atoms with E-state index in [9.17, 15) is 14.0 Å². The van der Waals surface area contributed by atoms with Crippen molar-refractivity contribution in [1.29, 1.82) is 0 Å². The molecule has 0 bridgehead atoms. The minimum Gasteiger partial charge on any atom is -0.452 e. The fourth-order valence-electron chi connectivity index (χ4n) is 1.85. The highest BCUT2D eigenvalue weighted by Crippen LogP contribution is 2.27. The maximum atomic E-state index is 13.4. The Balaban J connectivity index is 1.90. The van der Waals surface area contributed by atoms with Gasteiger partial charge in [0.25, 0.3) is 5.91 Å². The van der Waals surface area contributed by atoms with Gasteiger partial charge in [0, 0.05) is 17.1 Å². The van der Waals surface area contributed by atoms with Crippen LogP contribution in [0.2, 0.25) is 10.0 Å². The number of halogens is 3. The normalized spacial score (nSPS) is 10.3. The third-order valence-electron chi connectivity index (χ3n) is 3.08. The maximum absolute atomic E-state index is 13.4.